The molecule has 0 aromatic heterocycles. The second-order valence-electron chi connectivity index (χ2n) is 13.0. The minimum absolute atomic E-state index is 0.818. The van der Waals surface area contributed by atoms with Crippen molar-refractivity contribution in [3.05, 3.63) is 24.3 Å². The topological polar surface area (TPSA) is 3.24 Å². The van der Waals surface area contributed by atoms with E-state index in [1.54, 1.807) is 0 Å². The first kappa shape index (κ1) is 35.5. The third-order valence-electron chi connectivity index (χ3n) is 9.23. The number of nitrogens with zero attached hydrogens (tertiary/aromatic N) is 1. The zero-order chi connectivity index (χ0) is 27.7. The largest absolute Gasteiger partial charge is 0.309 e. The first-order valence-electron chi connectivity index (χ1n) is 17.6. The zero-order valence-electron chi connectivity index (χ0n) is 27.0. The van der Waals surface area contributed by atoms with Crippen LogP contribution in [0, 0.1) is 23.7 Å². The van der Waals surface area contributed by atoms with Crippen LogP contribution < -0.4 is 0 Å². The maximum absolute atomic E-state index is 2.72. The van der Waals surface area contributed by atoms with Gasteiger partial charge in [0.1, 0.15) is 0 Å². The molecule has 0 spiro atoms. The van der Waals surface area contributed by atoms with E-state index in [4.69, 9.17) is 0 Å². The van der Waals surface area contributed by atoms with Crippen molar-refractivity contribution in [2.75, 3.05) is 20.6 Å². The van der Waals surface area contributed by atoms with Gasteiger partial charge in [-0.25, -0.2) is 0 Å². The maximum atomic E-state index is 2.72. The highest BCUT2D eigenvalue weighted by Gasteiger charge is 2.34. The van der Waals surface area contributed by atoms with E-state index in [1.165, 1.54) is 154 Å². The van der Waals surface area contributed by atoms with Gasteiger partial charge in [-0.1, -0.05) is 148 Å². The number of hydrogen-bond acceptors (Lipinski definition) is 1. The third kappa shape index (κ3) is 17.9. The number of hydrogen-bond donors (Lipinski definition) is 0. The van der Waals surface area contributed by atoms with Crippen molar-refractivity contribution < 1.29 is 0 Å². The summed E-state index contributed by atoms with van der Waals surface area (Å²) in [6, 6.07) is 0. The third-order valence-corrected chi connectivity index (χ3v) is 9.23. The Labute approximate surface area is 241 Å². The second kappa shape index (κ2) is 25.4. The van der Waals surface area contributed by atoms with E-state index in [0.717, 1.165) is 23.7 Å². The maximum Gasteiger partial charge on any atom is -0.00248 e. The van der Waals surface area contributed by atoms with Crippen molar-refractivity contribution in [3.8, 4) is 0 Å². The minimum atomic E-state index is 0.818. The number of unbranched alkanes of at least 4 members (excludes halogenated alkanes) is 15. The summed E-state index contributed by atoms with van der Waals surface area (Å²) in [5, 5.41) is 0. The fourth-order valence-corrected chi connectivity index (χ4v) is 6.79. The van der Waals surface area contributed by atoms with Crippen LogP contribution in [-0.4, -0.2) is 25.5 Å². The van der Waals surface area contributed by atoms with Crippen molar-refractivity contribution >= 4 is 0 Å². The second-order valence-corrected chi connectivity index (χ2v) is 13.0. The summed E-state index contributed by atoms with van der Waals surface area (Å²) in [7, 11) is 4.41. The quantitative estimate of drug-likeness (QED) is 0.0795. The molecule has 4 unspecified atom stereocenters. The molecular weight excluding hydrogens is 458 g/mol. The SMILES string of the molecule is CCCCC/C=C/CC1C(CCCCCC)C=CC(CCCCCCCC)C1CCCCCCCN(C)C. The predicted molar refractivity (Wildman–Crippen MR) is 174 cm³/mol. The molecule has 0 aliphatic heterocycles. The molecule has 0 fully saturated rings. The fourth-order valence-electron chi connectivity index (χ4n) is 6.79. The van der Waals surface area contributed by atoms with Gasteiger partial charge in [0, 0.05) is 0 Å². The normalized spacial score (nSPS) is 21.7. The molecule has 0 aromatic carbocycles. The van der Waals surface area contributed by atoms with Crippen molar-refractivity contribution in [2.24, 2.45) is 23.7 Å². The molecule has 1 nitrogen and oxygen atoms in total. The van der Waals surface area contributed by atoms with Gasteiger partial charge < -0.3 is 4.90 Å². The molecule has 0 amide bonds. The first-order valence-corrected chi connectivity index (χ1v) is 17.6. The summed E-state index contributed by atoms with van der Waals surface area (Å²) in [6.07, 6.45) is 42.9. The van der Waals surface area contributed by atoms with Gasteiger partial charge in [0.15, 0.2) is 0 Å². The highest BCUT2D eigenvalue weighted by atomic mass is 15.0. The van der Waals surface area contributed by atoms with Gasteiger partial charge in [0.25, 0.3) is 0 Å². The van der Waals surface area contributed by atoms with E-state index in [1.807, 2.05) is 0 Å². The van der Waals surface area contributed by atoms with E-state index in [2.05, 4.69) is 64.1 Å². The standard InChI is InChI=1S/C37H71N/c1-6-9-12-15-18-23-28-35-32-31-34(27-22-14-11-8-3)36(29-24-19-16-13-10-7-2)37(35)30-25-20-17-21-26-33-38(4)5/h19,24,31-32,34-37H,6-18,20-23,25-30,33H2,1-5H3/b24-19+. The van der Waals surface area contributed by atoms with Gasteiger partial charge in [-0.05, 0) is 89.3 Å². The molecule has 1 aliphatic carbocycles. The number of rotatable bonds is 26. The Balaban J connectivity index is 2.78. The van der Waals surface area contributed by atoms with Gasteiger partial charge in [0.05, 0.1) is 0 Å². The molecule has 0 N–H and O–H groups in total. The monoisotopic (exact) mass is 530 g/mol. The lowest BCUT2D eigenvalue weighted by Crippen LogP contribution is -2.31. The molecule has 0 saturated carbocycles. The average molecular weight is 530 g/mol. The van der Waals surface area contributed by atoms with Crippen LogP contribution in [-0.2, 0) is 0 Å². The van der Waals surface area contributed by atoms with Crippen LogP contribution in [0.1, 0.15) is 168 Å². The van der Waals surface area contributed by atoms with Crippen LogP contribution in [0.2, 0.25) is 0 Å². The van der Waals surface area contributed by atoms with Gasteiger partial charge >= 0.3 is 0 Å². The van der Waals surface area contributed by atoms with Gasteiger partial charge in [-0.15, -0.1) is 0 Å². The Hall–Kier alpha value is -0.560. The molecule has 0 radical (unpaired) electrons. The molecule has 4 atom stereocenters. The summed E-state index contributed by atoms with van der Waals surface area (Å²) >= 11 is 0. The van der Waals surface area contributed by atoms with Gasteiger partial charge in [-0.2, -0.15) is 0 Å². The lowest BCUT2D eigenvalue weighted by atomic mass is 9.65. The highest BCUT2D eigenvalue weighted by molar-refractivity contribution is 5.06. The Kier molecular flexibility index (Phi) is 23.7. The summed E-state index contributed by atoms with van der Waals surface area (Å²) in [6.45, 7) is 8.24. The lowest BCUT2D eigenvalue weighted by Gasteiger charge is -2.40. The van der Waals surface area contributed by atoms with Crippen LogP contribution >= 0.6 is 0 Å². The van der Waals surface area contributed by atoms with Crippen LogP contribution in [0.3, 0.4) is 0 Å². The Morgan fingerprint density at radius 3 is 1.58 bits per heavy atom. The molecule has 0 bridgehead atoms. The van der Waals surface area contributed by atoms with Gasteiger partial charge in [-0.3, -0.25) is 0 Å². The molecule has 1 heteroatoms. The number of allylic oxidation sites excluding steroid dienone is 4. The van der Waals surface area contributed by atoms with Crippen molar-refractivity contribution in [2.45, 2.75) is 168 Å². The van der Waals surface area contributed by atoms with Crippen LogP contribution in [0.15, 0.2) is 24.3 Å². The van der Waals surface area contributed by atoms with Gasteiger partial charge in [0.2, 0.25) is 0 Å². The predicted octanol–water partition coefficient (Wildman–Crippen LogP) is 12.2. The van der Waals surface area contributed by atoms with E-state index < -0.39 is 0 Å². The Morgan fingerprint density at radius 2 is 0.974 bits per heavy atom. The Morgan fingerprint density at radius 1 is 0.500 bits per heavy atom. The van der Waals surface area contributed by atoms with E-state index >= 15 is 0 Å². The van der Waals surface area contributed by atoms with E-state index in [-0.39, 0.29) is 0 Å². The van der Waals surface area contributed by atoms with Crippen molar-refractivity contribution in [3.63, 3.8) is 0 Å². The highest BCUT2D eigenvalue weighted by Crippen LogP contribution is 2.44. The lowest BCUT2D eigenvalue weighted by molar-refractivity contribution is 0.159. The first-order chi connectivity index (χ1) is 18.6. The minimum Gasteiger partial charge on any atom is -0.309 e. The van der Waals surface area contributed by atoms with Crippen LogP contribution in [0.4, 0.5) is 0 Å². The van der Waals surface area contributed by atoms with Crippen LogP contribution in [0.5, 0.6) is 0 Å². The molecule has 0 saturated heterocycles. The molecule has 224 valence electrons. The average Bonchev–Trinajstić information content (AvgIpc) is 2.91. The van der Waals surface area contributed by atoms with E-state index in [9.17, 15) is 0 Å². The summed E-state index contributed by atoms with van der Waals surface area (Å²) in [4.78, 5) is 2.34. The smallest absolute Gasteiger partial charge is 0.00248 e. The zero-order valence-corrected chi connectivity index (χ0v) is 27.0. The van der Waals surface area contributed by atoms with Crippen molar-refractivity contribution in [1.29, 1.82) is 0 Å². The molecular formula is C37H71N. The van der Waals surface area contributed by atoms with E-state index in [0.29, 0.717) is 0 Å². The molecule has 38 heavy (non-hydrogen) atoms. The van der Waals surface area contributed by atoms with Crippen LogP contribution in [0.25, 0.3) is 0 Å². The molecule has 0 aromatic rings. The Bertz CT molecular complexity index is 547. The van der Waals surface area contributed by atoms with Crippen molar-refractivity contribution in [1.82, 2.24) is 4.90 Å². The molecule has 1 aliphatic rings. The fraction of sp³-hybridized carbons (Fsp3) is 0.892. The molecule has 0 heterocycles. The summed E-state index contributed by atoms with van der Waals surface area (Å²) in [5.74, 6) is 3.44. The summed E-state index contributed by atoms with van der Waals surface area (Å²) in [5.41, 5.74) is 0. The summed E-state index contributed by atoms with van der Waals surface area (Å²) < 4.78 is 0. The molecule has 1 rings (SSSR count).